The molecule has 2 aromatic heterocycles. The molecule has 1 aliphatic carbocycles. The largest absolute Gasteiger partial charge is 0.497 e. The van der Waals surface area contributed by atoms with Crippen LogP contribution in [0.4, 0.5) is 0 Å². The van der Waals surface area contributed by atoms with Crippen molar-refractivity contribution in [3.8, 4) is 17.1 Å². The van der Waals surface area contributed by atoms with Gasteiger partial charge < -0.3 is 10.1 Å². The molecule has 1 amide bonds. The molecule has 1 aliphatic rings. The van der Waals surface area contributed by atoms with E-state index in [9.17, 15) is 4.79 Å². The standard InChI is InChI=1S/C20H21N5O2/c1-13(17-23-18(25-24-17)14-7-11-21-12-8-14)22-19(26)20(9-10-20)15-3-5-16(27-2)6-4-15/h3-8,11-13H,9-10H2,1-2H3,(H,22,26)(H,23,24,25). The van der Waals surface area contributed by atoms with Crippen molar-refractivity contribution < 1.29 is 9.53 Å². The van der Waals surface area contributed by atoms with Crippen LogP contribution in [0.2, 0.25) is 0 Å². The number of methoxy groups -OCH3 is 1. The number of ether oxygens (including phenoxy) is 1. The molecule has 3 aromatic rings. The summed E-state index contributed by atoms with van der Waals surface area (Å²) in [6.07, 6.45) is 5.08. The van der Waals surface area contributed by atoms with Crippen LogP contribution in [-0.2, 0) is 10.2 Å². The molecule has 0 aliphatic heterocycles. The molecule has 0 saturated heterocycles. The van der Waals surface area contributed by atoms with Gasteiger partial charge in [-0.1, -0.05) is 12.1 Å². The van der Waals surface area contributed by atoms with E-state index >= 15 is 0 Å². The molecule has 138 valence electrons. The van der Waals surface area contributed by atoms with Gasteiger partial charge in [0, 0.05) is 18.0 Å². The van der Waals surface area contributed by atoms with Crippen LogP contribution in [-0.4, -0.2) is 33.2 Å². The average Bonchev–Trinajstić information content (AvgIpc) is 3.38. The number of rotatable bonds is 6. The summed E-state index contributed by atoms with van der Waals surface area (Å²) in [5, 5.41) is 10.2. The number of nitrogens with one attached hydrogen (secondary N) is 2. The molecular formula is C20H21N5O2. The molecule has 1 saturated carbocycles. The first-order valence-corrected chi connectivity index (χ1v) is 8.90. The second-order valence-corrected chi connectivity index (χ2v) is 6.79. The Morgan fingerprint density at radius 1 is 1.19 bits per heavy atom. The fourth-order valence-corrected chi connectivity index (χ4v) is 3.18. The van der Waals surface area contributed by atoms with Crippen LogP contribution < -0.4 is 10.1 Å². The van der Waals surface area contributed by atoms with Gasteiger partial charge in [-0.2, -0.15) is 5.10 Å². The number of benzene rings is 1. The third kappa shape index (κ3) is 3.28. The van der Waals surface area contributed by atoms with Crippen molar-refractivity contribution in [3.63, 3.8) is 0 Å². The van der Waals surface area contributed by atoms with Crippen molar-refractivity contribution in [3.05, 3.63) is 60.2 Å². The van der Waals surface area contributed by atoms with Crippen LogP contribution in [0.1, 0.15) is 37.2 Å². The Morgan fingerprint density at radius 3 is 2.52 bits per heavy atom. The third-order valence-electron chi connectivity index (χ3n) is 5.03. The zero-order valence-corrected chi connectivity index (χ0v) is 15.3. The van der Waals surface area contributed by atoms with Crippen molar-refractivity contribution in [1.29, 1.82) is 0 Å². The summed E-state index contributed by atoms with van der Waals surface area (Å²) in [7, 11) is 1.63. The predicted octanol–water partition coefficient (Wildman–Crippen LogP) is 2.78. The molecule has 0 bridgehead atoms. The highest BCUT2D eigenvalue weighted by atomic mass is 16.5. The molecule has 0 spiro atoms. The van der Waals surface area contributed by atoms with Gasteiger partial charge in [0.1, 0.15) is 11.6 Å². The highest BCUT2D eigenvalue weighted by Crippen LogP contribution is 2.49. The summed E-state index contributed by atoms with van der Waals surface area (Å²) in [5.74, 6) is 2.01. The molecule has 7 nitrogen and oxygen atoms in total. The number of nitrogens with zero attached hydrogens (tertiary/aromatic N) is 3. The SMILES string of the molecule is COc1ccc(C2(C(=O)NC(C)c3nc(-c4ccncc4)n[nH]3)CC2)cc1. The van der Waals surface area contributed by atoms with Gasteiger partial charge in [-0.05, 0) is 49.6 Å². The molecule has 1 aromatic carbocycles. The zero-order valence-electron chi connectivity index (χ0n) is 15.3. The highest BCUT2D eigenvalue weighted by molar-refractivity contribution is 5.91. The molecule has 1 unspecified atom stereocenters. The van der Waals surface area contributed by atoms with Crippen molar-refractivity contribution in [2.24, 2.45) is 0 Å². The van der Waals surface area contributed by atoms with Gasteiger partial charge >= 0.3 is 0 Å². The molecule has 1 atom stereocenters. The number of H-pyrrole nitrogens is 1. The van der Waals surface area contributed by atoms with Gasteiger partial charge in [0.05, 0.1) is 18.6 Å². The minimum atomic E-state index is -0.450. The Kier molecular flexibility index (Phi) is 4.35. The Labute approximate surface area is 157 Å². The van der Waals surface area contributed by atoms with E-state index in [1.807, 2.05) is 43.3 Å². The van der Waals surface area contributed by atoms with Crippen LogP contribution >= 0.6 is 0 Å². The first-order valence-electron chi connectivity index (χ1n) is 8.90. The first-order chi connectivity index (χ1) is 13.1. The van der Waals surface area contributed by atoms with Crippen LogP contribution in [0.5, 0.6) is 5.75 Å². The highest BCUT2D eigenvalue weighted by Gasteiger charge is 2.51. The lowest BCUT2D eigenvalue weighted by molar-refractivity contribution is -0.124. The van der Waals surface area contributed by atoms with Crippen LogP contribution in [0.25, 0.3) is 11.4 Å². The van der Waals surface area contributed by atoms with E-state index in [-0.39, 0.29) is 11.9 Å². The molecule has 2 heterocycles. The summed E-state index contributed by atoms with van der Waals surface area (Å²) >= 11 is 0. The summed E-state index contributed by atoms with van der Waals surface area (Å²) < 4.78 is 5.20. The monoisotopic (exact) mass is 363 g/mol. The van der Waals surface area contributed by atoms with E-state index in [2.05, 4.69) is 25.5 Å². The summed E-state index contributed by atoms with van der Waals surface area (Å²) in [4.78, 5) is 21.4. The molecule has 27 heavy (non-hydrogen) atoms. The molecule has 0 radical (unpaired) electrons. The van der Waals surface area contributed by atoms with Crippen molar-refractivity contribution in [1.82, 2.24) is 25.5 Å². The van der Waals surface area contributed by atoms with Gasteiger partial charge in [0.25, 0.3) is 0 Å². The van der Waals surface area contributed by atoms with Gasteiger partial charge in [0.2, 0.25) is 5.91 Å². The van der Waals surface area contributed by atoms with Gasteiger partial charge in [-0.25, -0.2) is 4.98 Å². The molecule has 2 N–H and O–H groups in total. The number of carbonyl (C=O) groups excluding carboxylic acids is 1. The molecule has 4 rings (SSSR count). The molecular weight excluding hydrogens is 342 g/mol. The van der Waals surface area contributed by atoms with Gasteiger partial charge in [-0.15, -0.1) is 0 Å². The Bertz CT molecular complexity index is 933. The number of hydrogen-bond donors (Lipinski definition) is 2. The van der Waals surface area contributed by atoms with Crippen LogP contribution in [0.3, 0.4) is 0 Å². The van der Waals surface area contributed by atoms with Gasteiger partial charge in [-0.3, -0.25) is 14.9 Å². The Morgan fingerprint density at radius 2 is 1.89 bits per heavy atom. The maximum atomic E-state index is 12.9. The zero-order chi connectivity index (χ0) is 18.9. The maximum absolute atomic E-state index is 12.9. The van der Waals surface area contributed by atoms with Crippen LogP contribution in [0.15, 0.2) is 48.8 Å². The number of carbonyl (C=O) groups is 1. The van der Waals surface area contributed by atoms with E-state index in [4.69, 9.17) is 4.74 Å². The number of amides is 1. The Balaban J connectivity index is 1.47. The lowest BCUT2D eigenvalue weighted by Crippen LogP contribution is -2.36. The second kappa shape index (κ2) is 6.83. The topological polar surface area (TPSA) is 92.8 Å². The van der Waals surface area contributed by atoms with Crippen molar-refractivity contribution >= 4 is 5.91 Å². The number of aromatic amines is 1. The van der Waals surface area contributed by atoms with E-state index in [0.29, 0.717) is 11.6 Å². The third-order valence-corrected chi connectivity index (χ3v) is 5.03. The van der Waals surface area contributed by atoms with Crippen molar-refractivity contribution in [2.75, 3.05) is 7.11 Å². The van der Waals surface area contributed by atoms with Crippen LogP contribution in [0, 0.1) is 0 Å². The fourth-order valence-electron chi connectivity index (χ4n) is 3.18. The van der Waals surface area contributed by atoms with E-state index in [1.165, 1.54) is 0 Å². The van der Waals surface area contributed by atoms with E-state index < -0.39 is 5.41 Å². The quantitative estimate of drug-likeness (QED) is 0.702. The van der Waals surface area contributed by atoms with E-state index in [0.717, 1.165) is 29.7 Å². The van der Waals surface area contributed by atoms with Crippen molar-refractivity contribution in [2.45, 2.75) is 31.2 Å². The average molecular weight is 363 g/mol. The first kappa shape index (κ1) is 17.2. The summed E-state index contributed by atoms with van der Waals surface area (Å²) in [5.41, 5.74) is 1.44. The molecule has 1 fully saturated rings. The normalized spacial score (nSPS) is 15.8. The predicted molar refractivity (Wildman–Crippen MR) is 100 cm³/mol. The molecule has 7 heteroatoms. The smallest absolute Gasteiger partial charge is 0.231 e. The Hall–Kier alpha value is -3.22. The fraction of sp³-hybridized carbons (Fsp3) is 0.300. The lowest BCUT2D eigenvalue weighted by Gasteiger charge is -2.19. The lowest BCUT2D eigenvalue weighted by atomic mass is 9.94. The number of hydrogen-bond acceptors (Lipinski definition) is 5. The van der Waals surface area contributed by atoms with Gasteiger partial charge in [0.15, 0.2) is 5.82 Å². The minimum absolute atomic E-state index is 0.0158. The minimum Gasteiger partial charge on any atom is -0.497 e. The number of pyridine rings is 1. The number of aromatic nitrogens is 4. The summed E-state index contributed by atoms with van der Waals surface area (Å²) in [6.45, 7) is 1.90. The van der Waals surface area contributed by atoms with E-state index in [1.54, 1.807) is 19.5 Å². The second-order valence-electron chi connectivity index (χ2n) is 6.79. The maximum Gasteiger partial charge on any atom is 0.231 e. The summed E-state index contributed by atoms with van der Waals surface area (Å²) in [6, 6.07) is 11.1.